The molecule has 0 aromatic heterocycles. The van der Waals surface area contributed by atoms with E-state index >= 15 is 0 Å². The minimum absolute atomic E-state index is 0.0444. The van der Waals surface area contributed by atoms with E-state index in [2.05, 4.69) is 19.9 Å². The minimum atomic E-state index is -0.713. The van der Waals surface area contributed by atoms with Crippen molar-refractivity contribution < 1.29 is 19.1 Å². The highest BCUT2D eigenvalue weighted by molar-refractivity contribution is 5.98. The van der Waals surface area contributed by atoms with Crippen LogP contribution in [-0.4, -0.2) is 23.5 Å². The maximum atomic E-state index is 11.8. The van der Waals surface area contributed by atoms with Gasteiger partial charge in [0.15, 0.2) is 5.60 Å². The van der Waals surface area contributed by atoms with Gasteiger partial charge in [-0.25, -0.2) is 4.79 Å². The molecule has 0 amide bonds. The predicted molar refractivity (Wildman–Crippen MR) is 93.3 cm³/mol. The van der Waals surface area contributed by atoms with E-state index < -0.39 is 5.60 Å². The summed E-state index contributed by atoms with van der Waals surface area (Å²) in [4.78, 5) is 23.2. The third kappa shape index (κ3) is 4.83. The lowest BCUT2D eigenvalue weighted by Gasteiger charge is -2.21. The van der Waals surface area contributed by atoms with Gasteiger partial charge in [0.25, 0.3) is 0 Å². The molecule has 0 bridgehead atoms. The summed E-state index contributed by atoms with van der Waals surface area (Å²) in [6.45, 7) is 9.73. The topological polar surface area (TPSA) is 52.6 Å². The first-order valence-electron chi connectivity index (χ1n) is 8.67. The highest BCUT2D eigenvalue weighted by atomic mass is 16.5. The smallest absolute Gasteiger partial charge is 0.331 e. The quantitative estimate of drug-likeness (QED) is 0.538. The van der Waals surface area contributed by atoms with Crippen LogP contribution in [0.2, 0.25) is 0 Å². The summed E-state index contributed by atoms with van der Waals surface area (Å²) in [6, 6.07) is 0. The Hall–Kier alpha value is -1.84. The second-order valence-electron chi connectivity index (χ2n) is 7.50. The predicted octanol–water partition coefficient (Wildman–Crippen LogP) is 4.26. The van der Waals surface area contributed by atoms with Crippen molar-refractivity contribution in [3.8, 4) is 0 Å². The number of ketones is 1. The number of allylic oxidation sites excluding steroid dienone is 2. The van der Waals surface area contributed by atoms with Gasteiger partial charge in [0, 0.05) is 24.5 Å². The Morgan fingerprint density at radius 2 is 2.08 bits per heavy atom. The van der Waals surface area contributed by atoms with Crippen molar-refractivity contribution in [1.29, 1.82) is 0 Å². The Morgan fingerprint density at radius 1 is 1.38 bits per heavy atom. The fraction of sp³-hybridized carbons (Fsp3) is 0.600. The molecule has 0 saturated carbocycles. The molecule has 132 valence electrons. The summed E-state index contributed by atoms with van der Waals surface area (Å²) in [5.41, 5.74) is 1.58. The number of carbonyl (C=O) groups excluding carboxylic acids is 2. The van der Waals surface area contributed by atoms with Crippen molar-refractivity contribution in [1.82, 2.24) is 0 Å². The molecule has 0 N–H and O–H groups in total. The Bertz CT molecular complexity index is 607. The van der Waals surface area contributed by atoms with Gasteiger partial charge in [-0.2, -0.15) is 0 Å². The number of ether oxygens (including phenoxy) is 2. The lowest BCUT2D eigenvalue weighted by atomic mass is 9.98. The molecule has 0 aromatic rings. The Kier molecular flexibility index (Phi) is 5.68. The molecule has 0 fully saturated rings. The molecule has 0 spiro atoms. The summed E-state index contributed by atoms with van der Waals surface area (Å²) in [5.74, 6) is 0.830. The summed E-state index contributed by atoms with van der Waals surface area (Å²) in [6.07, 6.45) is 8.81. The van der Waals surface area contributed by atoms with Crippen LogP contribution >= 0.6 is 0 Å². The van der Waals surface area contributed by atoms with E-state index in [0.717, 1.165) is 37.0 Å². The number of rotatable bonds is 6. The van der Waals surface area contributed by atoms with Gasteiger partial charge in [-0.1, -0.05) is 18.1 Å². The maximum Gasteiger partial charge on any atom is 0.331 e. The highest BCUT2D eigenvalue weighted by Gasteiger charge is 2.36. The maximum absolute atomic E-state index is 11.8. The van der Waals surface area contributed by atoms with Crippen LogP contribution in [0.1, 0.15) is 60.3 Å². The molecule has 0 saturated heterocycles. The number of esters is 1. The van der Waals surface area contributed by atoms with E-state index in [1.807, 2.05) is 6.92 Å². The van der Waals surface area contributed by atoms with E-state index in [1.54, 1.807) is 26.0 Å². The van der Waals surface area contributed by atoms with E-state index in [4.69, 9.17) is 9.47 Å². The largest absolute Gasteiger partial charge is 0.484 e. The molecular formula is C20H28O4. The zero-order valence-corrected chi connectivity index (χ0v) is 15.3. The third-order valence-electron chi connectivity index (χ3n) is 4.56. The van der Waals surface area contributed by atoms with Crippen molar-refractivity contribution in [2.75, 3.05) is 0 Å². The van der Waals surface area contributed by atoms with Crippen molar-refractivity contribution in [3.05, 3.63) is 35.1 Å². The molecular weight excluding hydrogens is 304 g/mol. The standard InChI is InChI=1S/C20H28O4/c1-13(9-16-10-14(2)11-19(22)23-16)7-6-8-15(3)17-12-18(21)20(4,5)24-17/h9,11-12,15-16H,6-8,10H2,1-5H3/t15-,16+/m0/s1. The van der Waals surface area contributed by atoms with E-state index in [1.165, 1.54) is 5.57 Å². The second kappa shape index (κ2) is 7.37. The van der Waals surface area contributed by atoms with Gasteiger partial charge >= 0.3 is 5.97 Å². The van der Waals surface area contributed by atoms with Crippen LogP contribution in [0.15, 0.2) is 35.1 Å². The monoisotopic (exact) mass is 332 g/mol. The molecule has 2 aliphatic heterocycles. The molecule has 2 aliphatic rings. The van der Waals surface area contributed by atoms with Crippen LogP contribution in [0.5, 0.6) is 0 Å². The van der Waals surface area contributed by atoms with Gasteiger partial charge in [-0.3, -0.25) is 4.79 Å². The zero-order chi connectivity index (χ0) is 17.9. The Morgan fingerprint density at radius 3 is 2.67 bits per heavy atom. The summed E-state index contributed by atoms with van der Waals surface area (Å²) in [7, 11) is 0. The SMILES string of the molecule is CC(=C[C@@H]1CC(C)=CC(=O)O1)CCC[C@H](C)C1=CC(=O)C(C)(C)O1. The molecule has 24 heavy (non-hydrogen) atoms. The molecule has 2 rings (SSSR count). The van der Waals surface area contributed by atoms with Gasteiger partial charge in [-0.15, -0.1) is 0 Å². The lowest BCUT2D eigenvalue weighted by molar-refractivity contribution is -0.142. The average molecular weight is 332 g/mol. The van der Waals surface area contributed by atoms with E-state index in [9.17, 15) is 9.59 Å². The average Bonchev–Trinajstić information content (AvgIpc) is 2.71. The normalized spacial score (nSPS) is 24.9. The first-order valence-corrected chi connectivity index (χ1v) is 8.67. The fourth-order valence-corrected chi connectivity index (χ4v) is 3.05. The van der Waals surface area contributed by atoms with Crippen molar-refractivity contribution >= 4 is 11.8 Å². The first kappa shape index (κ1) is 18.5. The van der Waals surface area contributed by atoms with Gasteiger partial charge in [0.05, 0.1) is 0 Å². The van der Waals surface area contributed by atoms with E-state index in [-0.39, 0.29) is 23.8 Å². The van der Waals surface area contributed by atoms with Crippen molar-refractivity contribution in [2.45, 2.75) is 72.0 Å². The van der Waals surface area contributed by atoms with Crippen LogP contribution in [0.4, 0.5) is 0 Å². The molecule has 0 aliphatic carbocycles. The third-order valence-corrected chi connectivity index (χ3v) is 4.56. The molecule has 0 radical (unpaired) electrons. The van der Waals surface area contributed by atoms with Gasteiger partial charge in [0.1, 0.15) is 11.9 Å². The molecule has 0 unspecified atom stereocenters. The molecule has 2 atom stereocenters. The van der Waals surface area contributed by atoms with Crippen LogP contribution in [0.3, 0.4) is 0 Å². The summed E-state index contributed by atoms with van der Waals surface area (Å²) < 4.78 is 11.1. The van der Waals surface area contributed by atoms with Crippen molar-refractivity contribution in [2.24, 2.45) is 5.92 Å². The second-order valence-corrected chi connectivity index (χ2v) is 7.50. The fourth-order valence-electron chi connectivity index (χ4n) is 3.05. The molecule has 4 nitrogen and oxygen atoms in total. The highest BCUT2D eigenvalue weighted by Crippen LogP contribution is 2.31. The summed E-state index contributed by atoms with van der Waals surface area (Å²) in [5, 5.41) is 0. The van der Waals surface area contributed by atoms with Gasteiger partial charge < -0.3 is 9.47 Å². The zero-order valence-electron chi connectivity index (χ0n) is 15.3. The Balaban J connectivity index is 1.79. The van der Waals surface area contributed by atoms with Crippen LogP contribution < -0.4 is 0 Å². The molecule has 0 aromatic carbocycles. The lowest BCUT2D eigenvalue weighted by Crippen LogP contribution is -2.28. The number of cyclic esters (lactones) is 1. The minimum Gasteiger partial charge on any atom is -0.484 e. The van der Waals surface area contributed by atoms with Crippen molar-refractivity contribution in [3.63, 3.8) is 0 Å². The summed E-state index contributed by atoms with van der Waals surface area (Å²) >= 11 is 0. The molecule has 2 heterocycles. The van der Waals surface area contributed by atoms with E-state index in [0.29, 0.717) is 0 Å². The number of hydrogen-bond donors (Lipinski definition) is 0. The Labute approximate surface area is 144 Å². The van der Waals surface area contributed by atoms with Gasteiger partial charge in [0.2, 0.25) is 5.78 Å². The number of hydrogen-bond acceptors (Lipinski definition) is 4. The van der Waals surface area contributed by atoms with Crippen LogP contribution in [0, 0.1) is 5.92 Å². The van der Waals surface area contributed by atoms with Crippen LogP contribution in [-0.2, 0) is 19.1 Å². The number of carbonyl (C=O) groups is 2. The first-order chi connectivity index (χ1) is 11.2. The molecule has 4 heteroatoms. The van der Waals surface area contributed by atoms with Gasteiger partial charge in [-0.05, 0) is 53.0 Å². The van der Waals surface area contributed by atoms with Crippen LogP contribution in [0.25, 0.3) is 0 Å².